The van der Waals surface area contributed by atoms with E-state index >= 15 is 0 Å². The van der Waals surface area contributed by atoms with Crippen LogP contribution in [0.2, 0.25) is 5.02 Å². The second-order valence-corrected chi connectivity index (χ2v) is 11.1. The van der Waals surface area contributed by atoms with E-state index in [0.717, 1.165) is 15.8 Å². The van der Waals surface area contributed by atoms with Crippen LogP contribution >= 0.6 is 27.5 Å². The molecule has 0 aliphatic heterocycles. The molecule has 3 amide bonds. The number of nitrogens with zero attached hydrogens (tertiary/aromatic N) is 5. The first-order valence-corrected chi connectivity index (χ1v) is 15.1. The molecule has 2 aromatic heterocycles. The number of hydrogen-bond donors (Lipinski definition) is 1. The molecule has 0 radical (unpaired) electrons. The summed E-state index contributed by atoms with van der Waals surface area (Å²) in [7, 11) is 2.91. The first-order valence-electron chi connectivity index (χ1n) is 13.9. The number of amides is 3. The van der Waals surface area contributed by atoms with Gasteiger partial charge in [0.15, 0.2) is 0 Å². The molecule has 3 aromatic carbocycles. The van der Waals surface area contributed by atoms with Crippen LogP contribution < -0.4 is 19.7 Å². The van der Waals surface area contributed by atoms with Crippen LogP contribution in [0, 0.1) is 22.7 Å². The number of rotatable bonds is 6. The maximum absolute atomic E-state index is 12.7. The summed E-state index contributed by atoms with van der Waals surface area (Å²) in [6.07, 6.45) is 1.96. The van der Waals surface area contributed by atoms with E-state index in [-0.39, 0.29) is 34.5 Å². The highest BCUT2D eigenvalue weighted by atomic mass is 79.9. The number of nitriles is 2. The second-order valence-electron chi connectivity index (χ2n) is 9.88. The molecule has 48 heavy (non-hydrogen) atoms. The van der Waals surface area contributed by atoms with Crippen molar-refractivity contribution in [3.8, 4) is 23.6 Å². The minimum atomic E-state index is -0.848. The lowest BCUT2D eigenvalue weighted by Gasteiger charge is -2.21. The predicted molar refractivity (Wildman–Crippen MR) is 183 cm³/mol. The third-order valence-electron chi connectivity index (χ3n) is 6.72. The quantitative estimate of drug-likeness (QED) is 0.187. The molecule has 5 rings (SSSR count). The van der Waals surface area contributed by atoms with Gasteiger partial charge in [-0.25, -0.2) is 9.69 Å². The van der Waals surface area contributed by atoms with Gasteiger partial charge in [0.05, 0.1) is 52.8 Å². The zero-order chi connectivity index (χ0) is 35.0. The number of nitrogens with one attached hydrogen (secondary N) is 1. The molecular weight excluding hydrogens is 704 g/mol. The van der Waals surface area contributed by atoms with Gasteiger partial charge in [0, 0.05) is 41.5 Å². The number of halogens is 2. The second kappa shape index (κ2) is 15.7. The van der Waals surface area contributed by atoms with Crippen molar-refractivity contribution in [1.82, 2.24) is 9.97 Å². The number of fused-ring (bicyclic) bond motifs is 2. The average molecular weight is 730 g/mol. The van der Waals surface area contributed by atoms with Crippen LogP contribution in [0.25, 0.3) is 21.8 Å². The van der Waals surface area contributed by atoms with Crippen molar-refractivity contribution in [2.75, 3.05) is 24.4 Å². The van der Waals surface area contributed by atoms with E-state index in [0.29, 0.717) is 37.9 Å². The highest BCUT2D eigenvalue weighted by Crippen LogP contribution is 2.37. The lowest BCUT2D eigenvalue weighted by atomic mass is 10.1. The van der Waals surface area contributed by atoms with E-state index in [1.807, 2.05) is 24.3 Å². The van der Waals surface area contributed by atoms with Crippen LogP contribution in [0.3, 0.4) is 0 Å². The summed E-state index contributed by atoms with van der Waals surface area (Å²) in [6, 6.07) is 19.6. The van der Waals surface area contributed by atoms with Gasteiger partial charge in [-0.2, -0.15) is 10.5 Å². The van der Waals surface area contributed by atoms with Gasteiger partial charge < -0.3 is 19.5 Å². The van der Waals surface area contributed by atoms with E-state index in [1.54, 1.807) is 24.3 Å². The van der Waals surface area contributed by atoms with Crippen molar-refractivity contribution >= 4 is 78.6 Å². The van der Waals surface area contributed by atoms with E-state index < -0.39 is 12.0 Å². The summed E-state index contributed by atoms with van der Waals surface area (Å²) in [5, 5.41) is 22.2. The number of methoxy groups -OCH3 is 2. The normalized spacial score (nSPS) is 10.2. The molecule has 0 aliphatic carbocycles. The SMILES string of the molecule is COc1cc2c(Br)c(C#N)cnc2cc1NC(C)=O.COc1cc2c(Cl)c(C#N)cnc2cc1N(C(C)=O)C(=O)OCc1ccccc1. The van der Waals surface area contributed by atoms with Crippen LogP contribution in [-0.4, -0.2) is 42.1 Å². The lowest BCUT2D eigenvalue weighted by molar-refractivity contribution is -0.116. The smallest absolute Gasteiger partial charge is 0.421 e. The molecule has 0 atom stereocenters. The fourth-order valence-electron chi connectivity index (χ4n) is 4.49. The summed E-state index contributed by atoms with van der Waals surface area (Å²) in [6.45, 7) is 2.67. The molecule has 242 valence electrons. The molecular formula is C34H26BrClN6O6. The molecule has 5 aromatic rings. The van der Waals surface area contributed by atoms with Crippen LogP contribution in [0.15, 0.2) is 71.5 Å². The van der Waals surface area contributed by atoms with Gasteiger partial charge in [-0.05, 0) is 45.8 Å². The van der Waals surface area contributed by atoms with Gasteiger partial charge in [-0.1, -0.05) is 41.9 Å². The number of hydrogen-bond acceptors (Lipinski definition) is 10. The Morgan fingerprint density at radius 2 is 1.50 bits per heavy atom. The monoisotopic (exact) mass is 728 g/mol. The molecule has 0 fully saturated rings. The number of pyridine rings is 2. The Bertz CT molecular complexity index is 2130. The van der Waals surface area contributed by atoms with E-state index in [2.05, 4.69) is 37.3 Å². The van der Waals surface area contributed by atoms with Crippen molar-refractivity contribution in [3.05, 3.63) is 93.2 Å². The fourth-order valence-corrected chi connectivity index (χ4v) is 5.24. The van der Waals surface area contributed by atoms with Crippen molar-refractivity contribution in [1.29, 1.82) is 10.5 Å². The van der Waals surface area contributed by atoms with Gasteiger partial charge in [0.1, 0.15) is 30.2 Å². The molecule has 0 unspecified atom stereocenters. The number of benzene rings is 3. The number of imide groups is 1. The summed E-state index contributed by atoms with van der Waals surface area (Å²) < 4.78 is 16.6. The molecule has 12 nitrogen and oxygen atoms in total. The van der Waals surface area contributed by atoms with Crippen LogP contribution in [-0.2, 0) is 20.9 Å². The molecule has 0 aliphatic rings. The van der Waals surface area contributed by atoms with Crippen LogP contribution in [0.4, 0.5) is 16.2 Å². The summed E-state index contributed by atoms with van der Waals surface area (Å²) in [5.74, 6) is -0.0192. The van der Waals surface area contributed by atoms with E-state index in [4.69, 9.17) is 36.3 Å². The number of carbonyl (C=O) groups excluding carboxylic acids is 3. The first kappa shape index (κ1) is 35.1. The predicted octanol–water partition coefficient (Wildman–Crippen LogP) is 7.29. The third kappa shape index (κ3) is 7.78. The maximum Gasteiger partial charge on any atom is 0.421 e. The van der Waals surface area contributed by atoms with E-state index in [9.17, 15) is 14.4 Å². The molecule has 0 saturated carbocycles. The number of anilines is 2. The van der Waals surface area contributed by atoms with Crippen molar-refractivity contribution in [3.63, 3.8) is 0 Å². The van der Waals surface area contributed by atoms with E-state index in [1.165, 1.54) is 52.6 Å². The molecule has 14 heteroatoms. The Morgan fingerprint density at radius 1 is 0.896 bits per heavy atom. The molecule has 2 heterocycles. The fraction of sp³-hybridized carbons (Fsp3) is 0.147. The number of carbonyl (C=O) groups is 3. The maximum atomic E-state index is 12.7. The molecule has 1 N–H and O–H groups in total. The number of ether oxygens (including phenoxy) is 3. The van der Waals surface area contributed by atoms with Crippen molar-refractivity contribution in [2.45, 2.75) is 20.5 Å². The van der Waals surface area contributed by atoms with Gasteiger partial charge in [0.2, 0.25) is 11.8 Å². The zero-order valence-electron chi connectivity index (χ0n) is 26.0. The largest absolute Gasteiger partial charge is 0.495 e. The van der Waals surface area contributed by atoms with Gasteiger partial charge in [-0.3, -0.25) is 19.6 Å². The zero-order valence-corrected chi connectivity index (χ0v) is 28.3. The van der Waals surface area contributed by atoms with Gasteiger partial charge in [0.25, 0.3) is 0 Å². The molecule has 0 spiro atoms. The number of aromatic nitrogens is 2. The summed E-state index contributed by atoms with van der Waals surface area (Å²) in [5.41, 5.74) is 3.21. The molecule has 0 saturated heterocycles. The minimum Gasteiger partial charge on any atom is -0.495 e. The summed E-state index contributed by atoms with van der Waals surface area (Å²) >= 11 is 9.63. The standard InChI is InChI=1S/C21H16ClN3O4.C13H10BrN3O2/c1-13(26)25(21(27)29-12-14-6-4-3-5-7-14)18-9-17-16(8-19(18)28-2)20(22)15(10-23)11-24-17;1-7(18)17-11-4-10-9(3-12(11)19-2)13(14)8(5-15)6-16-10/h3-9,11H,12H2,1-2H3;3-4,6H,1-2H3,(H,17,18). The lowest BCUT2D eigenvalue weighted by Crippen LogP contribution is -2.36. The Morgan fingerprint density at radius 3 is 2.08 bits per heavy atom. The highest BCUT2D eigenvalue weighted by Gasteiger charge is 2.26. The summed E-state index contributed by atoms with van der Waals surface area (Å²) in [4.78, 5) is 45.3. The Balaban J connectivity index is 0.000000237. The van der Waals surface area contributed by atoms with Gasteiger partial charge in [-0.15, -0.1) is 0 Å². The van der Waals surface area contributed by atoms with Crippen molar-refractivity contribution < 1.29 is 28.6 Å². The third-order valence-corrected chi connectivity index (χ3v) is 7.98. The minimum absolute atomic E-state index is 0.00889. The Hall–Kier alpha value is -5.76. The molecule has 0 bridgehead atoms. The van der Waals surface area contributed by atoms with Crippen LogP contribution in [0.1, 0.15) is 30.5 Å². The Kier molecular flexibility index (Phi) is 11.5. The highest BCUT2D eigenvalue weighted by molar-refractivity contribution is 9.10. The Labute approximate surface area is 288 Å². The first-order chi connectivity index (χ1) is 23.0. The van der Waals surface area contributed by atoms with Crippen molar-refractivity contribution in [2.24, 2.45) is 0 Å². The topological polar surface area (TPSA) is 168 Å². The van der Waals surface area contributed by atoms with Crippen LogP contribution in [0.5, 0.6) is 11.5 Å². The van der Waals surface area contributed by atoms with Gasteiger partial charge >= 0.3 is 6.09 Å². The average Bonchev–Trinajstić information content (AvgIpc) is 3.08.